The van der Waals surface area contributed by atoms with Crippen LogP contribution in [0.15, 0.2) is 18.3 Å². The average Bonchev–Trinajstić information content (AvgIpc) is 1.86. The van der Waals surface area contributed by atoms with Crippen molar-refractivity contribution >= 4 is 0 Å². The van der Waals surface area contributed by atoms with Crippen LogP contribution in [0.4, 0.5) is 0 Å². The van der Waals surface area contributed by atoms with Gasteiger partial charge in [0, 0.05) is 5.56 Å². The zero-order valence-corrected chi connectivity index (χ0v) is 7.18. The molecule has 0 aliphatic heterocycles. The zero-order chi connectivity index (χ0) is 8.48. The van der Waals surface area contributed by atoms with Gasteiger partial charge < -0.3 is 5.11 Å². The lowest BCUT2D eigenvalue weighted by molar-refractivity contribution is -0.395. The summed E-state index contributed by atoms with van der Waals surface area (Å²) >= 11 is 0. The number of hydrogen-bond donors (Lipinski definition) is 1. The lowest BCUT2D eigenvalue weighted by Crippen LogP contribution is -2.15. The molecule has 0 bridgehead atoms. The number of aromatic hydroxyl groups is 1. The predicted octanol–water partition coefficient (Wildman–Crippen LogP) is 1.50. The van der Waals surface area contributed by atoms with Gasteiger partial charge in [0.25, 0.3) is 0 Å². The fourth-order valence-electron chi connectivity index (χ4n) is 0.883. The lowest BCUT2D eigenvalue weighted by atomic mass is 9.88. The third kappa shape index (κ3) is 1.93. The average molecular weight is 152 g/mol. The fourth-order valence-corrected chi connectivity index (χ4v) is 0.883. The van der Waals surface area contributed by atoms with Gasteiger partial charge in [-0.25, -0.2) is 0 Å². The number of rotatable bonds is 0. The van der Waals surface area contributed by atoms with Crippen molar-refractivity contribution in [2.75, 3.05) is 0 Å². The van der Waals surface area contributed by atoms with Gasteiger partial charge in [0.1, 0.15) is 0 Å². The highest BCUT2D eigenvalue weighted by Gasteiger charge is 2.15. The van der Waals surface area contributed by atoms with Gasteiger partial charge in [0.05, 0.1) is 6.07 Å². The number of H-pyrrole nitrogens is 1. The molecule has 1 heterocycles. The van der Waals surface area contributed by atoms with Crippen LogP contribution in [0.2, 0.25) is 0 Å². The van der Waals surface area contributed by atoms with Gasteiger partial charge in [-0.05, 0) is 11.5 Å². The minimum atomic E-state index is 0.143. The van der Waals surface area contributed by atoms with Gasteiger partial charge in [0.2, 0.25) is 0 Å². The van der Waals surface area contributed by atoms with E-state index in [4.69, 9.17) is 5.11 Å². The summed E-state index contributed by atoms with van der Waals surface area (Å²) < 4.78 is 0. The van der Waals surface area contributed by atoms with Gasteiger partial charge in [-0.2, -0.15) is 4.98 Å². The van der Waals surface area contributed by atoms with Crippen LogP contribution < -0.4 is 4.98 Å². The van der Waals surface area contributed by atoms with Crippen LogP contribution >= 0.6 is 0 Å². The normalized spacial score (nSPS) is 11.5. The van der Waals surface area contributed by atoms with E-state index in [1.807, 2.05) is 12.3 Å². The highest BCUT2D eigenvalue weighted by molar-refractivity contribution is 5.18. The monoisotopic (exact) mass is 152 g/mol. The SMILES string of the molecule is CC(C)(C)c1ccc(O)[nH+]c1. The summed E-state index contributed by atoms with van der Waals surface area (Å²) in [6, 6.07) is 3.59. The number of nitrogens with one attached hydrogen (secondary N) is 1. The summed E-state index contributed by atoms with van der Waals surface area (Å²) in [7, 11) is 0. The molecule has 0 aromatic carbocycles. The maximum atomic E-state index is 8.97. The summed E-state index contributed by atoms with van der Waals surface area (Å²) in [6.45, 7) is 6.40. The molecule has 0 aliphatic rings. The van der Waals surface area contributed by atoms with Crippen LogP contribution in [-0.4, -0.2) is 5.11 Å². The molecule has 0 radical (unpaired) electrons. The van der Waals surface area contributed by atoms with Crippen molar-refractivity contribution in [2.45, 2.75) is 26.2 Å². The largest absolute Gasteiger partial charge is 0.460 e. The van der Waals surface area contributed by atoms with Crippen molar-refractivity contribution in [1.29, 1.82) is 0 Å². The molecular weight excluding hydrogens is 138 g/mol. The molecule has 0 unspecified atom stereocenters. The second-order valence-electron chi connectivity index (χ2n) is 3.71. The molecule has 1 aromatic rings. The van der Waals surface area contributed by atoms with Crippen molar-refractivity contribution in [1.82, 2.24) is 0 Å². The molecule has 60 valence electrons. The quantitative estimate of drug-likeness (QED) is 0.600. The molecule has 0 saturated heterocycles. The van der Waals surface area contributed by atoms with Crippen LogP contribution in [0.3, 0.4) is 0 Å². The van der Waals surface area contributed by atoms with Crippen molar-refractivity contribution in [3.8, 4) is 5.88 Å². The Labute approximate surface area is 66.9 Å². The first-order valence-electron chi connectivity index (χ1n) is 3.71. The van der Waals surface area contributed by atoms with E-state index in [1.54, 1.807) is 6.07 Å². The maximum Gasteiger partial charge on any atom is 0.363 e. The van der Waals surface area contributed by atoms with Gasteiger partial charge in [0.15, 0.2) is 6.20 Å². The molecule has 0 fully saturated rings. The Bertz CT molecular complexity index is 233. The van der Waals surface area contributed by atoms with Crippen LogP contribution in [-0.2, 0) is 5.41 Å². The molecule has 2 nitrogen and oxygen atoms in total. The second-order valence-corrected chi connectivity index (χ2v) is 3.71. The Morgan fingerprint density at radius 1 is 1.27 bits per heavy atom. The minimum absolute atomic E-state index is 0.143. The van der Waals surface area contributed by atoms with Crippen molar-refractivity contribution in [3.05, 3.63) is 23.9 Å². The summed E-state index contributed by atoms with van der Waals surface area (Å²) in [6.07, 6.45) is 1.83. The van der Waals surface area contributed by atoms with E-state index >= 15 is 0 Å². The highest BCUT2D eigenvalue weighted by atomic mass is 16.3. The maximum absolute atomic E-state index is 8.97. The van der Waals surface area contributed by atoms with E-state index in [2.05, 4.69) is 25.8 Å². The van der Waals surface area contributed by atoms with Gasteiger partial charge in [-0.15, -0.1) is 0 Å². The molecule has 2 N–H and O–H groups in total. The third-order valence-corrected chi connectivity index (χ3v) is 1.66. The van der Waals surface area contributed by atoms with Crippen molar-refractivity contribution < 1.29 is 10.1 Å². The summed E-state index contributed by atoms with van der Waals surface area (Å²) in [5.74, 6) is 0.206. The number of aromatic amines is 1. The van der Waals surface area contributed by atoms with Crippen LogP contribution in [0.5, 0.6) is 5.88 Å². The second kappa shape index (κ2) is 2.53. The first-order valence-corrected chi connectivity index (χ1v) is 3.71. The van der Waals surface area contributed by atoms with Crippen LogP contribution in [0.25, 0.3) is 0 Å². The van der Waals surface area contributed by atoms with E-state index in [0.717, 1.165) is 0 Å². The standard InChI is InChI=1S/C9H13NO/c1-9(2,3)7-4-5-8(11)10-6-7/h4-6H,1-3H3,(H,10,11)/p+1. The molecule has 0 aliphatic carbocycles. The molecule has 2 heteroatoms. The number of aromatic nitrogens is 1. The molecule has 0 saturated carbocycles. The Hall–Kier alpha value is -1.05. The van der Waals surface area contributed by atoms with E-state index in [9.17, 15) is 0 Å². The molecule has 0 amide bonds. The van der Waals surface area contributed by atoms with E-state index < -0.39 is 0 Å². The summed E-state index contributed by atoms with van der Waals surface area (Å²) in [5, 5.41) is 8.97. The highest BCUT2D eigenvalue weighted by Crippen LogP contribution is 2.20. The Kier molecular flexibility index (Phi) is 1.85. The van der Waals surface area contributed by atoms with E-state index in [0.29, 0.717) is 0 Å². The minimum Gasteiger partial charge on any atom is -0.460 e. The third-order valence-electron chi connectivity index (χ3n) is 1.66. The van der Waals surface area contributed by atoms with E-state index in [-0.39, 0.29) is 11.3 Å². The Balaban J connectivity index is 2.99. The predicted molar refractivity (Wildman–Crippen MR) is 43.4 cm³/mol. The van der Waals surface area contributed by atoms with Crippen LogP contribution in [0, 0.1) is 0 Å². The van der Waals surface area contributed by atoms with Crippen molar-refractivity contribution in [2.24, 2.45) is 0 Å². The Morgan fingerprint density at radius 3 is 2.27 bits per heavy atom. The summed E-state index contributed by atoms with van der Waals surface area (Å²) in [4.78, 5) is 2.76. The van der Waals surface area contributed by atoms with Crippen LogP contribution in [0.1, 0.15) is 26.3 Å². The molecule has 0 atom stereocenters. The molecular formula is C9H14NO+. The van der Waals surface area contributed by atoms with E-state index in [1.165, 1.54) is 5.56 Å². The zero-order valence-electron chi connectivity index (χ0n) is 7.18. The van der Waals surface area contributed by atoms with Gasteiger partial charge >= 0.3 is 5.88 Å². The molecule has 1 rings (SSSR count). The molecule has 0 spiro atoms. The van der Waals surface area contributed by atoms with Gasteiger partial charge in [-0.1, -0.05) is 20.8 Å². The fraction of sp³-hybridized carbons (Fsp3) is 0.444. The Morgan fingerprint density at radius 2 is 1.91 bits per heavy atom. The number of hydrogen-bond acceptors (Lipinski definition) is 1. The molecule has 11 heavy (non-hydrogen) atoms. The first kappa shape index (κ1) is 8.05. The van der Waals surface area contributed by atoms with Gasteiger partial charge in [-0.3, -0.25) is 0 Å². The smallest absolute Gasteiger partial charge is 0.363 e. The number of pyridine rings is 1. The first-order chi connectivity index (χ1) is 5.00. The van der Waals surface area contributed by atoms with Crippen molar-refractivity contribution in [3.63, 3.8) is 0 Å². The topological polar surface area (TPSA) is 34.4 Å². The summed E-state index contributed by atoms with van der Waals surface area (Å²) in [5.41, 5.74) is 1.33. The lowest BCUT2D eigenvalue weighted by Gasteiger charge is -2.15. The molecule has 1 aromatic heterocycles.